The third kappa shape index (κ3) is 5.11. The number of hydrogen-bond donors (Lipinski definition) is 4. The van der Waals surface area contributed by atoms with Gasteiger partial charge in [0.1, 0.15) is 11.6 Å². The van der Waals surface area contributed by atoms with Crippen LogP contribution in [0.2, 0.25) is 0 Å². The molecule has 0 unspecified atom stereocenters. The second-order valence-electron chi connectivity index (χ2n) is 9.62. The van der Waals surface area contributed by atoms with E-state index in [1.54, 1.807) is 10.9 Å². The predicted octanol–water partition coefficient (Wildman–Crippen LogP) is 3.01. The number of hydrazine groups is 1. The zero-order valence-electron chi connectivity index (χ0n) is 20.7. The van der Waals surface area contributed by atoms with Gasteiger partial charge in [-0.05, 0) is 49.1 Å². The molecule has 0 bridgehead atoms. The van der Waals surface area contributed by atoms with Crippen molar-refractivity contribution in [3.8, 4) is 17.1 Å². The lowest BCUT2D eigenvalue weighted by atomic mass is 9.93. The fraction of sp³-hybridized carbons (Fsp3) is 0.333. The predicted molar refractivity (Wildman–Crippen MR) is 141 cm³/mol. The number of carbonyl (C=O) groups excluding carboxylic acids is 1. The van der Waals surface area contributed by atoms with E-state index < -0.39 is 0 Å². The molecular formula is C27H30N8O2. The van der Waals surface area contributed by atoms with Crippen molar-refractivity contribution in [1.29, 1.82) is 0 Å². The quantitative estimate of drug-likeness (QED) is 0.293. The molecule has 6 rings (SSSR count). The summed E-state index contributed by atoms with van der Waals surface area (Å²) in [5, 5.41) is 11.7. The van der Waals surface area contributed by atoms with Crippen LogP contribution in [-0.4, -0.2) is 51.4 Å². The molecule has 1 saturated carbocycles. The van der Waals surface area contributed by atoms with Crippen LogP contribution < -0.4 is 26.2 Å². The molecule has 2 fully saturated rings. The Morgan fingerprint density at radius 3 is 2.68 bits per heavy atom. The van der Waals surface area contributed by atoms with E-state index in [1.165, 1.54) is 12.0 Å². The van der Waals surface area contributed by atoms with Gasteiger partial charge in [0.25, 0.3) is 5.91 Å². The molecule has 3 heterocycles. The lowest BCUT2D eigenvalue weighted by molar-refractivity contribution is -0.124. The number of aryl methyl sites for hydroxylation is 1. The van der Waals surface area contributed by atoms with E-state index in [4.69, 9.17) is 14.7 Å². The van der Waals surface area contributed by atoms with E-state index in [9.17, 15) is 4.79 Å². The van der Waals surface area contributed by atoms with Crippen LogP contribution in [0.25, 0.3) is 22.4 Å². The van der Waals surface area contributed by atoms with Crippen molar-refractivity contribution in [2.45, 2.75) is 31.2 Å². The van der Waals surface area contributed by atoms with Crippen LogP contribution in [0.5, 0.6) is 5.75 Å². The molecule has 1 aliphatic carbocycles. The van der Waals surface area contributed by atoms with Crippen LogP contribution in [0.4, 0.5) is 11.5 Å². The normalized spacial score (nSPS) is 16.0. The monoisotopic (exact) mass is 498 g/mol. The van der Waals surface area contributed by atoms with Crippen LogP contribution in [0.3, 0.4) is 0 Å². The number of ether oxygens (including phenoxy) is 1. The average Bonchev–Trinajstić information content (AvgIpc) is 3.56. The molecule has 2 aromatic carbocycles. The number of nitrogens with one attached hydrogen (secondary N) is 4. The fourth-order valence-corrected chi connectivity index (χ4v) is 4.62. The number of rotatable bonds is 8. The molecule has 2 aromatic heterocycles. The molecule has 1 amide bonds. The standard InChI is InChI=1S/C27H30N8O2/c1-35-27-23(15-30-35)26(32-21-10-8-17(9-11-21)19-13-28-29-14-19)33-25(34-27)18-4-2-7-22(12-18)37-16-24(36)31-20-5-3-6-20/h2,4,7-12,15,19-20,28-29H,3,5-6,13-14,16H2,1H3,(H,31,36)(H,32,33,34). The van der Waals surface area contributed by atoms with Crippen LogP contribution in [0.1, 0.15) is 30.7 Å². The first kappa shape index (κ1) is 23.4. The van der Waals surface area contributed by atoms with Gasteiger partial charge >= 0.3 is 0 Å². The summed E-state index contributed by atoms with van der Waals surface area (Å²) >= 11 is 0. The van der Waals surface area contributed by atoms with Crippen molar-refractivity contribution in [3.63, 3.8) is 0 Å². The third-order valence-corrected chi connectivity index (χ3v) is 6.99. The van der Waals surface area contributed by atoms with Gasteiger partial charge in [-0.25, -0.2) is 9.97 Å². The maximum absolute atomic E-state index is 12.2. The first-order chi connectivity index (χ1) is 18.1. The SMILES string of the molecule is Cn1ncc2c(Nc3ccc(C4CNNC4)cc3)nc(-c3cccc(OCC(=O)NC4CCC4)c3)nc21. The Kier molecular flexibility index (Phi) is 6.42. The summed E-state index contributed by atoms with van der Waals surface area (Å²) in [6.45, 7) is 1.83. The van der Waals surface area contributed by atoms with Crippen molar-refractivity contribution in [3.05, 3.63) is 60.3 Å². The lowest BCUT2D eigenvalue weighted by Crippen LogP contribution is -2.41. The lowest BCUT2D eigenvalue weighted by Gasteiger charge is -2.26. The highest BCUT2D eigenvalue weighted by Gasteiger charge is 2.20. The Balaban J connectivity index is 1.23. The van der Waals surface area contributed by atoms with E-state index in [0.717, 1.165) is 48.2 Å². The Morgan fingerprint density at radius 1 is 1.11 bits per heavy atom. The summed E-state index contributed by atoms with van der Waals surface area (Å²) in [6.07, 6.45) is 5.04. The fourth-order valence-electron chi connectivity index (χ4n) is 4.62. The summed E-state index contributed by atoms with van der Waals surface area (Å²) in [5.41, 5.74) is 10.1. The summed E-state index contributed by atoms with van der Waals surface area (Å²) in [7, 11) is 1.86. The number of carbonyl (C=O) groups is 1. The van der Waals surface area contributed by atoms with Gasteiger partial charge in [-0.3, -0.25) is 20.3 Å². The van der Waals surface area contributed by atoms with Gasteiger partial charge in [-0.15, -0.1) is 0 Å². The highest BCUT2D eigenvalue weighted by atomic mass is 16.5. The summed E-state index contributed by atoms with van der Waals surface area (Å²) < 4.78 is 7.50. The largest absolute Gasteiger partial charge is 0.484 e. The number of amides is 1. The van der Waals surface area contributed by atoms with E-state index in [2.05, 4.69) is 50.8 Å². The smallest absolute Gasteiger partial charge is 0.258 e. The second kappa shape index (κ2) is 10.2. The zero-order chi connectivity index (χ0) is 25.2. The molecule has 0 radical (unpaired) electrons. The molecule has 0 spiro atoms. The van der Waals surface area contributed by atoms with Crippen LogP contribution in [0.15, 0.2) is 54.7 Å². The van der Waals surface area contributed by atoms with E-state index >= 15 is 0 Å². The minimum absolute atomic E-state index is 0.0165. The Hall–Kier alpha value is -4.02. The van der Waals surface area contributed by atoms with Crippen LogP contribution in [-0.2, 0) is 11.8 Å². The summed E-state index contributed by atoms with van der Waals surface area (Å²) in [6, 6.07) is 16.2. The maximum atomic E-state index is 12.2. The van der Waals surface area contributed by atoms with Gasteiger partial charge in [0.05, 0.1) is 11.6 Å². The van der Waals surface area contributed by atoms with Gasteiger partial charge in [-0.2, -0.15) is 5.10 Å². The van der Waals surface area contributed by atoms with Crippen molar-refractivity contribution in [2.75, 3.05) is 25.0 Å². The molecule has 0 atom stereocenters. The zero-order valence-corrected chi connectivity index (χ0v) is 20.7. The van der Waals surface area contributed by atoms with Crippen molar-refractivity contribution in [2.24, 2.45) is 7.05 Å². The molecule has 1 aliphatic heterocycles. The molecule has 4 aromatic rings. The maximum Gasteiger partial charge on any atom is 0.258 e. The Bertz CT molecular complexity index is 1410. The summed E-state index contributed by atoms with van der Waals surface area (Å²) in [4.78, 5) is 21.8. The third-order valence-electron chi connectivity index (χ3n) is 6.99. The van der Waals surface area contributed by atoms with E-state index in [1.807, 2.05) is 31.3 Å². The van der Waals surface area contributed by atoms with Crippen molar-refractivity contribution >= 4 is 28.4 Å². The molecule has 190 valence electrons. The number of fused-ring (bicyclic) bond motifs is 1. The van der Waals surface area contributed by atoms with Gasteiger partial charge in [-0.1, -0.05) is 24.3 Å². The van der Waals surface area contributed by atoms with Gasteiger partial charge in [0.2, 0.25) is 0 Å². The topological polar surface area (TPSA) is 118 Å². The van der Waals surface area contributed by atoms with Crippen LogP contribution >= 0.6 is 0 Å². The minimum atomic E-state index is -0.0966. The Morgan fingerprint density at radius 2 is 1.92 bits per heavy atom. The van der Waals surface area contributed by atoms with Gasteiger partial charge < -0.3 is 15.4 Å². The van der Waals surface area contributed by atoms with Crippen LogP contribution in [0, 0.1) is 0 Å². The first-order valence-electron chi connectivity index (χ1n) is 12.7. The molecule has 4 N–H and O–H groups in total. The molecule has 10 nitrogen and oxygen atoms in total. The summed E-state index contributed by atoms with van der Waals surface area (Å²) in [5.74, 6) is 2.18. The van der Waals surface area contributed by atoms with E-state index in [-0.39, 0.29) is 12.5 Å². The Labute approximate surface area is 214 Å². The molecule has 2 aliphatic rings. The number of aromatic nitrogens is 4. The molecular weight excluding hydrogens is 468 g/mol. The number of anilines is 2. The van der Waals surface area contributed by atoms with Gasteiger partial charge in [0, 0.05) is 43.3 Å². The molecule has 37 heavy (non-hydrogen) atoms. The molecule has 10 heteroatoms. The van der Waals surface area contributed by atoms with Gasteiger partial charge in [0.15, 0.2) is 18.1 Å². The number of benzene rings is 2. The number of nitrogens with zero attached hydrogens (tertiary/aromatic N) is 4. The van der Waals surface area contributed by atoms with Crippen molar-refractivity contribution < 1.29 is 9.53 Å². The minimum Gasteiger partial charge on any atom is -0.484 e. The number of hydrogen-bond acceptors (Lipinski definition) is 8. The second-order valence-corrected chi connectivity index (χ2v) is 9.62. The highest BCUT2D eigenvalue weighted by molar-refractivity contribution is 5.90. The van der Waals surface area contributed by atoms with E-state index in [0.29, 0.717) is 29.4 Å². The van der Waals surface area contributed by atoms with Crippen molar-refractivity contribution in [1.82, 2.24) is 35.9 Å². The first-order valence-corrected chi connectivity index (χ1v) is 12.7. The average molecular weight is 499 g/mol. The highest BCUT2D eigenvalue weighted by Crippen LogP contribution is 2.29. The molecule has 1 saturated heterocycles.